The Morgan fingerprint density at radius 2 is 1.63 bits per heavy atom. The van der Waals surface area contributed by atoms with Crippen LogP contribution in [0.2, 0.25) is 0 Å². The molecule has 0 radical (unpaired) electrons. The summed E-state index contributed by atoms with van der Waals surface area (Å²) in [5.74, 6) is -2.26. The van der Waals surface area contributed by atoms with Gasteiger partial charge in [-0.05, 0) is 38.0 Å². The first kappa shape index (κ1) is 18.5. The number of imide groups is 2. The summed E-state index contributed by atoms with van der Waals surface area (Å²) in [5.41, 5.74) is 2.83. The minimum atomic E-state index is -0.971. The van der Waals surface area contributed by atoms with Crippen molar-refractivity contribution >= 4 is 23.6 Å². The van der Waals surface area contributed by atoms with E-state index in [1.54, 1.807) is 44.2 Å². The SMILES string of the molecule is Cc1ccc(C)c(C(=O)CN2C(=O)C(=O)N(C(C)c3ccccc3)C2=O)c1. The lowest BCUT2D eigenvalue weighted by Crippen LogP contribution is -2.38. The number of carbonyl (C=O) groups excluding carboxylic acids is 4. The van der Waals surface area contributed by atoms with Crippen molar-refractivity contribution in [1.29, 1.82) is 0 Å². The molecule has 0 aliphatic carbocycles. The summed E-state index contributed by atoms with van der Waals surface area (Å²) in [6.45, 7) is 4.87. The summed E-state index contributed by atoms with van der Waals surface area (Å²) in [7, 11) is 0. The van der Waals surface area contributed by atoms with E-state index in [2.05, 4.69) is 0 Å². The Morgan fingerprint density at radius 3 is 2.30 bits per heavy atom. The highest BCUT2D eigenvalue weighted by Gasteiger charge is 2.47. The molecule has 1 unspecified atom stereocenters. The highest BCUT2D eigenvalue weighted by molar-refractivity contribution is 6.45. The molecule has 6 nitrogen and oxygen atoms in total. The molecule has 0 spiro atoms. The summed E-state index contributed by atoms with van der Waals surface area (Å²) in [6.07, 6.45) is 0. The zero-order chi connectivity index (χ0) is 19.7. The minimum Gasteiger partial charge on any atom is -0.292 e. The van der Waals surface area contributed by atoms with E-state index in [9.17, 15) is 19.2 Å². The van der Waals surface area contributed by atoms with E-state index in [0.29, 0.717) is 5.56 Å². The number of carbonyl (C=O) groups is 4. The topological polar surface area (TPSA) is 74.8 Å². The van der Waals surface area contributed by atoms with Crippen LogP contribution in [-0.4, -0.2) is 40.0 Å². The predicted molar refractivity (Wildman–Crippen MR) is 99.1 cm³/mol. The number of hydrogen-bond acceptors (Lipinski definition) is 4. The van der Waals surface area contributed by atoms with Gasteiger partial charge in [-0.25, -0.2) is 14.6 Å². The molecule has 2 aromatic carbocycles. The van der Waals surface area contributed by atoms with Crippen molar-refractivity contribution in [2.45, 2.75) is 26.8 Å². The van der Waals surface area contributed by atoms with Crippen LogP contribution >= 0.6 is 0 Å². The maximum atomic E-state index is 12.7. The lowest BCUT2D eigenvalue weighted by molar-refractivity contribution is -0.143. The largest absolute Gasteiger partial charge is 0.335 e. The molecule has 1 heterocycles. The second kappa shape index (κ2) is 7.15. The number of amides is 4. The molecule has 0 bridgehead atoms. The Labute approximate surface area is 157 Å². The van der Waals surface area contributed by atoms with Crippen LogP contribution in [0.1, 0.15) is 40.0 Å². The Morgan fingerprint density at radius 1 is 0.963 bits per heavy atom. The van der Waals surface area contributed by atoms with E-state index in [0.717, 1.165) is 26.5 Å². The van der Waals surface area contributed by atoms with Gasteiger partial charge in [-0.15, -0.1) is 0 Å². The molecule has 1 fully saturated rings. The van der Waals surface area contributed by atoms with Crippen LogP contribution in [0.3, 0.4) is 0 Å². The number of nitrogens with zero attached hydrogens (tertiary/aromatic N) is 2. The van der Waals surface area contributed by atoms with E-state index in [4.69, 9.17) is 0 Å². The highest BCUT2D eigenvalue weighted by atomic mass is 16.2. The van der Waals surface area contributed by atoms with E-state index >= 15 is 0 Å². The van der Waals surface area contributed by atoms with Gasteiger partial charge in [0.2, 0.25) is 0 Å². The lowest BCUT2D eigenvalue weighted by Gasteiger charge is -2.22. The second-order valence-corrected chi connectivity index (χ2v) is 6.68. The molecular formula is C21H20N2O4. The van der Waals surface area contributed by atoms with Gasteiger partial charge in [-0.2, -0.15) is 0 Å². The van der Waals surface area contributed by atoms with Crippen LogP contribution in [0.4, 0.5) is 4.79 Å². The summed E-state index contributed by atoms with van der Waals surface area (Å²) >= 11 is 0. The van der Waals surface area contributed by atoms with Crippen molar-refractivity contribution in [3.63, 3.8) is 0 Å². The molecule has 0 N–H and O–H groups in total. The molecule has 138 valence electrons. The number of aryl methyl sites for hydroxylation is 2. The molecule has 27 heavy (non-hydrogen) atoms. The van der Waals surface area contributed by atoms with Crippen molar-refractivity contribution < 1.29 is 19.2 Å². The van der Waals surface area contributed by atoms with Gasteiger partial charge in [-0.1, -0.05) is 48.0 Å². The van der Waals surface area contributed by atoms with Crippen molar-refractivity contribution in [3.8, 4) is 0 Å². The van der Waals surface area contributed by atoms with Gasteiger partial charge in [0, 0.05) is 5.56 Å². The summed E-state index contributed by atoms with van der Waals surface area (Å²) in [6, 6.07) is 13.0. The van der Waals surface area contributed by atoms with Gasteiger partial charge in [-0.3, -0.25) is 14.4 Å². The van der Waals surface area contributed by atoms with Gasteiger partial charge in [0.25, 0.3) is 0 Å². The van der Waals surface area contributed by atoms with Gasteiger partial charge < -0.3 is 0 Å². The minimum absolute atomic E-state index is 0.375. The fraction of sp³-hybridized carbons (Fsp3) is 0.238. The zero-order valence-electron chi connectivity index (χ0n) is 15.4. The van der Waals surface area contributed by atoms with Crippen molar-refractivity contribution in [1.82, 2.24) is 9.80 Å². The van der Waals surface area contributed by atoms with Gasteiger partial charge in [0.15, 0.2) is 5.78 Å². The van der Waals surface area contributed by atoms with Crippen LogP contribution in [0.25, 0.3) is 0 Å². The maximum absolute atomic E-state index is 12.7. The quantitative estimate of drug-likeness (QED) is 0.464. The first-order valence-corrected chi connectivity index (χ1v) is 8.65. The summed E-state index contributed by atoms with van der Waals surface area (Å²) in [4.78, 5) is 51.7. The first-order chi connectivity index (χ1) is 12.8. The van der Waals surface area contributed by atoms with E-state index < -0.39 is 30.4 Å². The van der Waals surface area contributed by atoms with Crippen LogP contribution < -0.4 is 0 Å². The van der Waals surface area contributed by atoms with Crippen LogP contribution in [0.5, 0.6) is 0 Å². The molecule has 3 rings (SSSR count). The number of Topliss-reactive ketones (excluding diaryl/α,β-unsaturated/α-hetero) is 1. The molecule has 1 aliphatic rings. The molecule has 1 saturated heterocycles. The molecule has 4 amide bonds. The maximum Gasteiger partial charge on any atom is 0.335 e. The van der Waals surface area contributed by atoms with E-state index in [-0.39, 0.29) is 5.78 Å². The summed E-state index contributed by atoms with van der Waals surface area (Å²) < 4.78 is 0. The van der Waals surface area contributed by atoms with E-state index in [1.165, 1.54) is 0 Å². The van der Waals surface area contributed by atoms with Gasteiger partial charge in [0.05, 0.1) is 12.6 Å². The third-order valence-corrected chi connectivity index (χ3v) is 4.75. The van der Waals surface area contributed by atoms with Crippen molar-refractivity contribution in [2.75, 3.05) is 6.54 Å². The first-order valence-electron chi connectivity index (χ1n) is 8.65. The van der Waals surface area contributed by atoms with Gasteiger partial charge >= 0.3 is 17.8 Å². The standard InChI is InChI=1S/C21H20N2O4/c1-13-9-10-14(2)17(11-13)18(24)12-22-19(25)20(26)23(21(22)27)15(3)16-7-5-4-6-8-16/h4-11,15H,12H2,1-3H3. The Hall–Kier alpha value is -3.28. The highest BCUT2D eigenvalue weighted by Crippen LogP contribution is 2.26. The van der Waals surface area contributed by atoms with Crippen LogP contribution in [-0.2, 0) is 9.59 Å². The number of benzene rings is 2. The van der Waals surface area contributed by atoms with Crippen LogP contribution in [0.15, 0.2) is 48.5 Å². The second-order valence-electron chi connectivity index (χ2n) is 6.68. The Kier molecular flexibility index (Phi) is 4.90. The van der Waals surface area contributed by atoms with Gasteiger partial charge in [0.1, 0.15) is 0 Å². The van der Waals surface area contributed by atoms with Crippen LogP contribution in [0, 0.1) is 13.8 Å². The zero-order valence-corrected chi connectivity index (χ0v) is 15.4. The molecular weight excluding hydrogens is 344 g/mol. The molecule has 2 aromatic rings. The third-order valence-electron chi connectivity index (χ3n) is 4.75. The third kappa shape index (κ3) is 3.38. The molecule has 1 aliphatic heterocycles. The smallest absolute Gasteiger partial charge is 0.292 e. The number of rotatable bonds is 5. The fourth-order valence-corrected chi connectivity index (χ4v) is 3.15. The fourth-order valence-electron chi connectivity index (χ4n) is 3.15. The molecule has 0 saturated carbocycles. The van der Waals surface area contributed by atoms with Crippen molar-refractivity contribution in [2.24, 2.45) is 0 Å². The predicted octanol–water partition coefficient (Wildman–Crippen LogP) is 3.04. The normalized spacial score (nSPS) is 15.4. The Bertz CT molecular complexity index is 936. The molecule has 1 atom stereocenters. The number of hydrogen-bond donors (Lipinski definition) is 0. The average molecular weight is 364 g/mol. The van der Waals surface area contributed by atoms with E-state index in [1.807, 2.05) is 25.1 Å². The Balaban J connectivity index is 1.84. The number of ketones is 1. The monoisotopic (exact) mass is 364 g/mol. The van der Waals surface area contributed by atoms with Crippen molar-refractivity contribution in [3.05, 3.63) is 70.8 Å². The summed E-state index contributed by atoms with van der Waals surface area (Å²) in [5, 5.41) is 0. The number of urea groups is 1. The molecule has 0 aromatic heterocycles. The molecule has 6 heteroatoms. The lowest BCUT2D eigenvalue weighted by atomic mass is 10.0. The average Bonchev–Trinajstić information content (AvgIpc) is 2.87.